The van der Waals surface area contributed by atoms with Crippen molar-refractivity contribution in [1.29, 1.82) is 0 Å². The summed E-state index contributed by atoms with van der Waals surface area (Å²) in [6.45, 7) is 6.76. The molecule has 236 valence electrons. The second-order valence-corrected chi connectivity index (χ2v) is 13.3. The second-order valence-electron chi connectivity index (χ2n) is 12.1. The molecule has 2 heterocycles. The molecule has 2 saturated carbocycles. The number of fused-ring (bicyclic) bond motifs is 5. The Morgan fingerprint density at radius 2 is 1.56 bits per heavy atom. The zero-order valence-corrected chi connectivity index (χ0v) is 26.4. The number of rotatable bonds is 4. The van der Waals surface area contributed by atoms with Crippen LogP contribution in [0.15, 0.2) is 0 Å². The highest BCUT2D eigenvalue weighted by Crippen LogP contribution is 2.34. The van der Waals surface area contributed by atoms with Gasteiger partial charge in [0.1, 0.15) is 12.2 Å². The first-order valence-corrected chi connectivity index (χ1v) is 16.5. The molecule has 4 rings (SSSR count). The van der Waals surface area contributed by atoms with E-state index < -0.39 is 0 Å². The molecule has 11 heteroatoms. The number of cyclic esters (lactones) is 1. The van der Waals surface area contributed by atoms with Crippen LogP contribution in [0.4, 0.5) is 0 Å². The van der Waals surface area contributed by atoms with E-state index in [1.54, 1.807) is 14.2 Å². The van der Waals surface area contributed by atoms with E-state index in [1.165, 1.54) is 0 Å². The number of hydrogen-bond acceptors (Lipinski definition) is 9. The van der Waals surface area contributed by atoms with Crippen LogP contribution in [-0.4, -0.2) is 124 Å². The fourth-order valence-electron chi connectivity index (χ4n) is 6.79. The minimum absolute atomic E-state index is 0.0872. The lowest BCUT2D eigenvalue weighted by Gasteiger charge is -2.39. The monoisotopic (exact) mass is 620 g/mol. The van der Waals surface area contributed by atoms with Crippen LogP contribution >= 0.6 is 23.2 Å². The minimum atomic E-state index is -0.285. The van der Waals surface area contributed by atoms with E-state index in [-0.39, 0.29) is 58.9 Å². The average Bonchev–Trinajstić information content (AvgIpc) is 3.21. The first-order chi connectivity index (χ1) is 19.9. The number of methoxy groups -OCH3 is 2. The number of carbonyl (C=O) groups is 2. The Kier molecular flexibility index (Phi) is 13.8. The number of ether oxygens (including phenoxy) is 5. The van der Waals surface area contributed by atoms with Crippen LogP contribution in [0.5, 0.6) is 0 Å². The number of carbonyl (C=O) groups excluding carboxylic acids is 2. The molecule has 0 aromatic heterocycles. The van der Waals surface area contributed by atoms with Crippen LogP contribution in [0.3, 0.4) is 0 Å². The molecular formula is C30H50Cl2N2O7. The van der Waals surface area contributed by atoms with Crippen LogP contribution in [0.25, 0.3) is 0 Å². The van der Waals surface area contributed by atoms with E-state index in [4.69, 9.17) is 46.9 Å². The molecule has 10 atom stereocenters. The molecule has 10 unspecified atom stereocenters. The Hall–Kier alpha value is -0.680. The van der Waals surface area contributed by atoms with Gasteiger partial charge in [-0.1, -0.05) is 0 Å². The molecule has 0 aromatic rings. The van der Waals surface area contributed by atoms with E-state index in [1.807, 2.05) is 0 Å². The van der Waals surface area contributed by atoms with Gasteiger partial charge in [0, 0.05) is 52.4 Å². The Morgan fingerprint density at radius 1 is 0.805 bits per heavy atom. The summed E-state index contributed by atoms with van der Waals surface area (Å²) >= 11 is 12.7. The maximum Gasteiger partial charge on any atom is 0.309 e. The fourth-order valence-corrected chi connectivity index (χ4v) is 7.36. The van der Waals surface area contributed by atoms with Crippen molar-refractivity contribution in [3.63, 3.8) is 0 Å². The van der Waals surface area contributed by atoms with E-state index in [0.717, 1.165) is 77.8 Å². The van der Waals surface area contributed by atoms with Crippen LogP contribution in [0.1, 0.15) is 64.2 Å². The quantitative estimate of drug-likeness (QED) is 0.343. The Bertz CT molecular complexity index is 824. The topological polar surface area (TPSA) is 86.8 Å². The number of hydrogen-bond donors (Lipinski definition) is 0. The number of halogens is 2. The molecule has 4 bridgehead atoms. The molecule has 2 aliphatic heterocycles. The van der Waals surface area contributed by atoms with Crippen LogP contribution in [0, 0.1) is 11.8 Å². The smallest absolute Gasteiger partial charge is 0.309 e. The lowest BCUT2D eigenvalue weighted by atomic mass is 9.83. The molecular weight excluding hydrogens is 571 g/mol. The highest BCUT2D eigenvalue weighted by Gasteiger charge is 2.42. The average molecular weight is 622 g/mol. The van der Waals surface area contributed by atoms with Gasteiger partial charge in [-0.3, -0.25) is 9.59 Å². The number of nitrogens with zero attached hydrogens (tertiary/aromatic N) is 2. The van der Waals surface area contributed by atoms with Gasteiger partial charge in [-0.2, -0.15) is 0 Å². The summed E-state index contributed by atoms with van der Waals surface area (Å²) in [4.78, 5) is 31.1. The summed E-state index contributed by atoms with van der Waals surface area (Å²) in [6, 6.07) is 0. The molecule has 0 amide bonds. The Labute approximate surface area is 255 Å². The van der Waals surface area contributed by atoms with Gasteiger partial charge in [0.15, 0.2) is 0 Å². The van der Waals surface area contributed by atoms with Crippen molar-refractivity contribution in [3.05, 3.63) is 0 Å². The van der Waals surface area contributed by atoms with Crippen molar-refractivity contribution >= 4 is 35.1 Å². The SMILES string of the molecule is COC1CC2CC(OCCCC(OC(=O)C3CCC(Cl)C(Cl)C3)CCN3CCCN(CCCOC2=O)CC3)C1OC. The fraction of sp³-hybridized carbons (Fsp3) is 0.933. The molecule has 0 radical (unpaired) electrons. The van der Waals surface area contributed by atoms with Gasteiger partial charge in [0.2, 0.25) is 0 Å². The maximum atomic E-state index is 13.2. The van der Waals surface area contributed by atoms with E-state index in [9.17, 15) is 9.59 Å². The standard InChI is InChI=1S/C30H50Cl2N2O7/c1-37-26-19-22-20-27(28(26)38-2)39-16-3-6-23(41-30(36)21-7-8-24(31)25(32)18-21)9-13-34-11-4-10-33(14-15-34)12-5-17-40-29(22)35/h21-28H,3-20H2,1-2H3. The number of alkyl halides is 2. The van der Waals surface area contributed by atoms with Gasteiger partial charge in [-0.15, -0.1) is 23.2 Å². The number of esters is 2. The maximum absolute atomic E-state index is 13.2. The van der Waals surface area contributed by atoms with Crippen molar-refractivity contribution in [2.75, 3.05) is 66.7 Å². The van der Waals surface area contributed by atoms with E-state index >= 15 is 0 Å². The van der Waals surface area contributed by atoms with Gasteiger partial charge in [-0.25, -0.2) is 0 Å². The zero-order valence-electron chi connectivity index (χ0n) is 24.9. The van der Waals surface area contributed by atoms with Crippen LogP contribution in [-0.2, 0) is 33.3 Å². The first kappa shape index (κ1) is 33.2. The predicted octanol–water partition coefficient (Wildman–Crippen LogP) is 3.86. The lowest BCUT2D eigenvalue weighted by Crippen LogP contribution is -2.49. The summed E-state index contributed by atoms with van der Waals surface area (Å²) in [5.41, 5.74) is 0. The van der Waals surface area contributed by atoms with Crippen molar-refractivity contribution in [3.8, 4) is 0 Å². The summed E-state index contributed by atoms with van der Waals surface area (Å²) in [7, 11) is 3.31. The molecule has 4 aliphatic rings. The van der Waals surface area contributed by atoms with Gasteiger partial charge in [0.05, 0.1) is 36.0 Å². The van der Waals surface area contributed by atoms with Gasteiger partial charge in [0.25, 0.3) is 0 Å². The first-order valence-electron chi connectivity index (χ1n) is 15.6. The predicted molar refractivity (Wildman–Crippen MR) is 157 cm³/mol. The van der Waals surface area contributed by atoms with Crippen LogP contribution in [0.2, 0.25) is 0 Å². The third-order valence-electron chi connectivity index (χ3n) is 9.30. The summed E-state index contributed by atoms with van der Waals surface area (Å²) in [5, 5.41) is -0.289. The van der Waals surface area contributed by atoms with Crippen LogP contribution < -0.4 is 0 Å². The van der Waals surface area contributed by atoms with Crippen molar-refractivity contribution in [2.45, 2.75) is 99.4 Å². The highest BCUT2D eigenvalue weighted by molar-refractivity contribution is 6.30. The molecule has 0 N–H and O–H groups in total. The lowest BCUT2D eigenvalue weighted by molar-refractivity contribution is -0.172. The summed E-state index contributed by atoms with van der Waals surface area (Å²) < 4.78 is 29.6. The summed E-state index contributed by atoms with van der Waals surface area (Å²) in [5.74, 6) is -0.807. The van der Waals surface area contributed by atoms with Gasteiger partial charge >= 0.3 is 11.9 Å². The molecule has 0 aromatic carbocycles. The third kappa shape index (κ3) is 9.91. The summed E-state index contributed by atoms with van der Waals surface area (Å²) in [6.07, 6.45) is 6.31. The van der Waals surface area contributed by atoms with E-state index in [2.05, 4.69) is 9.80 Å². The highest BCUT2D eigenvalue weighted by atomic mass is 35.5. The molecule has 4 fully saturated rings. The molecule has 41 heavy (non-hydrogen) atoms. The largest absolute Gasteiger partial charge is 0.465 e. The van der Waals surface area contributed by atoms with Crippen molar-refractivity contribution in [1.82, 2.24) is 9.80 Å². The molecule has 2 saturated heterocycles. The zero-order chi connectivity index (χ0) is 29.2. The molecule has 2 aliphatic carbocycles. The minimum Gasteiger partial charge on any atom is -0.465 e. The third-order valence-corrected chi connectivity index (χ3v) is 10.4. The van der Waals surface area contributed by atoms with E-state index in [0.29, 0.717) is 38.9 Å². The van der Waals surface area contributed by atoms with Crippen molar-refractivity contribution < 1.29 is 33.3 Å². The van der Waals surface area contributed by atoms with Crippen molar-refractivity contribution in [2.24, 2.45) is 11.8 Å². The molecule has 9 nitrogen and oxygen atoms in total. The van der Waals surface area contributed by atoms with Gasteiger partial charge in [-0.05, 0) is 77.3 Å². The Morgan fingerprint density at radius 3 is 2.29 bits per heavy atom. The second kappa shape index (κ2) is 17.0. The normalized spacial score (nSPS) is 40.3. The Balaban J connectivity index is 1.42. The van der Waals surface area contributed by atoms with Gasteiger partial charge < -0.3 is 33.5 Å². The molecule has 0 spiro atoms.